The molecule has 2 unspecified atom stereocenters. The second-order valence-corrected chi connectivity index (χ2v) is 5.13. The molecule has 0 spiro atoms. The normalized spacial score (nSPS) is 20.2. The Bertz CT molecular complexity index is 342. The van der Waals surface area contributed by atoms with Gasteiger partial charge in [-0.05, 0) is 19.4 Å². The second kappa shape index (κ2) is 5.69. The van der Waals surface area contributed by atoms with Crippen LogP contribution in [0, 0.1) is 0 Å². The zero-order valence-corrected chi connectivity index (χ0v) is 11.2. The number of nitrogens with one attached hydrogen (secondary N) is 1. The number of alkyl halides is 1. The predicted octanol–water partition coefficient (Wildman–Crippen LogP) is 2.93. The molecule has 2 atom stereocenters. The number of benzene rings is 1. The second-order valence-electron chi connectivity index (χ2n) is 4.33. The van der Waals surface area contributed by atoms with Gasteiger partial charge in [0.05, 0.1) is 6.61 Å². The van der Waals surface area contributed by atoms with Gasteiger partial charge in [0, 0.05) is 29.4 Å². The molecule has 1 aliphatic heterocycles. The van der Waals surface area contributed by atoms with E-state index in [0.29, 0.717) is 12.0 Å². The van der Waals surface area contributed by atoms with E-state index in [4.69, 9.17) is 4.74 Å². The molecule has 2 nitrogen and oxygen atoms in total. The van der Waals surface area contributed by atoms with Crippen LogP contribution < -0.4 is 10.1 Å². The number of halogens is 1. The lowest BCUT2D eigenvalue weighted by atomic mass is 10.0. The number of para-hydroxylation sites is 1. The smallest absolute Gasteiger partial charge is 0.122 e. The first kappa shape index (κ1) is 11.9. The minimum Gasteiger partial charge on any atom is -0.493 e. The van der Waals surface area contributed by atoms with Crippen molar-refractivity contribution >= 4 is 15.9 Å². The lowest BCUT2D eigenvalue weighted by molar-refractivity contribution is 0.322. The van der Waals surface area contributed by atoms with Gasteiger partial charge in [-0.15, -0.1) is 0 Å². The van der Waals surface area contributed by atoms with Crippen LogP contribution in [0.25, 0.3) is 0 Å². The van der Waals surface area contributed by atoms with Crippen LogP contribution in [-0.4, -0.2) is 24.5 Å². The Labute approximate surface area is 106 Å². The van der Waals surface area contributed by atoms with E-state index < -0.39 is 0 Å². The van der Waals surface area contributed by atoms with Crippen LogP contribution in [0.15, 0.2) is 24.3 Å². The first-order valence-electron chi connectivity index (χ1n) is 5.82. The first-order valence-corrected chi connectivity index (χ1v) is 6.94. The fraction of sp³-hybridized carbons (Fsp3) is 0.538. The maximum absolute atomic E-state index is 5.65. The molecule has 1 aromatic carbocycles. The van der Waals surface area contributed by atoms with Gasteiger partial charge in [0.15, 0.2) is 0 Å². The minimum atomic E-state index is 0.508. The van der Waals surface area contributed by atoms with Gasteiger partial charge in [0.1, 0.15) is 5.75 Å². The highest BCUT2D eigenvalue weighted by molar-refractivity contribution is 9.09. The summed E-state index contributed by atoms with van der Waals surface area (Å²) in [6, 6.07) is 8.90. The van der Waals surface area contributed by atoms with Crippen LogP contribution in [0.2, 0.25) is 0 Å². The molecule has 0 amide bonds. The third-order valence-corrected chi connectivity index (χ3v) is 3.51. The van der Waals surface area contributed by atoms with Crippen molar-refractivity contribution in [3.05, 3.63) is 29.8 Å². The Morgan fingerprint density at radius 1 is 1.50 bits per heavy atom. The highest BCUT2D eigenvalue weighted by Gasteiger charge is 2.23. The molecule has 3 heteroatoms. The quantitative estimate of drug-likeness (QED) is 0.839. The molecule has 1 aromatic rings. The number of rotatable bonds is 5. The molecular weight excluding hydrogens is 266 g/mol. The van der Waals surface area contributed by atoms with Gasteiger partial charge in [-0.3, -0.25) is 0 Å². The Balaban J connectivity index is 1.88. The standard InChI is InChI=1S/C13H18BrNO/c1-10(6-7-14)15-8-11-9-16-13-5-3-2-4-12(11)13/h2-5,10-11,15H,6-9H2,1H3. The van der Waals surface area contributed by atoms with Crippen molar-refractivity contribution in [2.75, 3.05) is 18.5 Å². The van der Waals surface area contributed by atoms with Gasteiger partial charge in [-0.25, -0.2) is 0 Å². The number of fused-ring (bicyclic) bond motifs is 1. The summed E-state index contributed by atoms with van der Waals surface area (Å²) in [6.45, 7) is 4.04. The largest absolute Gasteiger partial charge is 0.493 e. The molecule has 1 N–H and O–H groups in total. The number of hydrogen-bond donors (Lipinski definition) is 1. The van der Waals surface area contributed by atoms with Gasteiger partial charge >= 0.3 is 0 Å². The zero-order valence-electron chi connectivity index (χ0n) is 9.58. The molecule has 0 saturated heterocycles. The monoisotopic (exact) mass is 283 g/mol. The maximum Gasteiger partial charge on any atom is 0.122 e. The molecule has 0 bridgehead atoms. The lowest BCUT2D eigenvalue weighted by Crippen LogP contribution is -2.31. The summed E-state index contributed by atoms with van der Waals surface area (Å²) >= 11 is 3.46. The summed E-state index contributed by atoms with van der Waals surface area (Å²) in [5.74, 6) is 1.57. The Hall–Kier alpha value is -0.540. The SMILES string of the molecule is CC(CCBr)NCC1COc2ccccc21. The number of ether oxygens (including phenoxy) is 1. The third kappa shape index (κ3) is 2.77. The molecular formula is C13H18BrNO. The Morgan fingerprint density at radius 2 is 2.31 bits per heavy atom. The summed E-state index contributed by atoms with van der Waals surface area (Å²) in [4.78, 5) is 0. The lowest BCUT2D eigenvalue weighted by Gasteiger charge is -2.15. The summed E-state index contributed by atoms with van der Waals surface area (Å²) in [6.07, 6.45) is 1.16. The van der Waals surface area contributed by atoms with Crippen molar-refractivity contribution in [2.45, 2.75) is 25.3 Å². The van der Waals surface area contributed by atoms with Crippen molar-refractivity contribution in [3.63, 3.8) is 0 Å². The van der Waals surface area contributed by atoms with Crippen molar-refractivity contribution in [1.29, 1.82) is 0 Å². The fourth-order valence-electron chi connectivity index (χ4n) is 2.01. The molecule has 0 radical (unpaired) electrons. The van der Waals surface area contributed by atoms with Crippen LogP contribution in [0.3, 0.4) is 0 Å². The predicted molar refractivity (Wildman–Crippen MR) is 70.6 cm³/mol. The Morgan fingerprint density at radius 3 is 3.12 bits per heavy atom. The van der Waals surface area contributed by atoms with E-state index >= 15 is 0 Å². The summed E-state index contributed by atoms with van der Waals surface area (Å²) < 4.78 is 5.65. The third-order valence-electron chi connectivity index (χ3n) is 3.05. The average Bonchev–Trinajstić information content (AvgIpc) is 2.70. The minimum absolute atomic E-state index is 0.508. The van der Waals surface area contributed by atoms with Crippen molar-refractivity contribution in [2.24, 2.45) is 0 Å². The first-order chi connectivity index (χ1) is 7.81. The van der Waals surface area contributed by atoms with Gasteiger partial charge in [-0.1, -0.05) is 34.1 Å². The van der Waals surface area contributed by atoms with Crippen molar-refractivity contribution in [1.82, 2.24) is 5.32 Å². The van der Waals surface area contributed by atoms with E-state index in [2.05, 4.69) is 46.4 Å². The summed E-state index contributed by atoms with van der Waals surface area (Å²) in [5.41, 5.74) is 1.35. The van der Waals surface area contributed by atoms with Crippen LogP contribution in [0.5, 0.6) is 5.75 Å². The average molecular weight is 284 g/mol. The summed E-state index contributed by atoms with van der Waals surface area (Å²) in [7, 11) is 0. The van der Waals surface area contributed by atoms with Gasteiger partial charge in [-0.2, -0.15) is 0 Å². The van der Waals surface area contributed by atoms with E-state index in [-0.39, 0.29) is 0 Å². The molecule has 0 aliphatic carbocycles. The fourth-order valence-corrected chi connectivity index (χ4v) is 2.69. The highest BCUT2D eigenvalue weighted by atomic mass is 79.9. The van der Waals surface area contributed by atoms with Gasteiger partial charge in [0.2, 0.25) is 0 Å². The highest BCUT2D eigenvalue weighted by Crippen LogP contribution is 2.32. The van der Waals surface area contributed by atoms with E-state index in [1.807, 2.05) is 6.07 Å². The number of hydrogen-bond acceptors (Lipinski definition) is 2. The molecule has 0 aromatic heterocycles. The van der Waals surface area contributed by atoms with E-state index in [1.165, 1.54) is 5.56 Å². The van der Waals surface area contributed by atoms with Crippen molar-refractivity contribution in [3.8, 4) is 5.75 Å². The van der Waals surface area contributed by atoms with Gasteiger partial charge in [0.25, 0.3) is 0 Å². The van der Waals surface area contributed by atoms with Crippen LogP contribution in [0.4, 0.5) is 0 Å². The molecule has 88 valence electrons. The molecule has 0 fully saturated rings. The van der Waals surface area contributed by atoms with Crippen LogP contribution in [-0.2, 0) is 0 Å². The molecule has 16 heavy (non-hydrogen) atoms. The van der Waals surface area contributed by atoms with Gasteiger partial charge < -0.3 is 10.1 Å². The molecule has 1 aliphatic rings. The van der Waals surface area contributed by atoms with Crippen molar-refractivity contribution < 1.29 is 4.74 Å². The van der Waals surface area contributed by atoms with Crippen LogP contribution >= 0.6 is 15.9 Å². The molecule has 0 saturated carbocycles. The molecule has 1 heterocycles. The summed E-state index contributed by atoms with van der Waals surface area (Å²) in [5, 5.41) is 4.61. The topological polar surface area (TPSA) is 21.3 Å². The van der Waals surface area contributed by atoms with E-state index in [9.17, 15) is 0 Å². The van der Waals surface area contributed by atoms with Crippen LogP contribution in [0.1, 0.15) is 24.8 Å². The molecule has 2 rings (SSSR count). The van der Waals surface area contributed by atoms with E-state index in [1.54, 1.807) is 0 Å². The zero-order chi connectivity index (χ0) is 11.4. The van der Waals surface area contributed by atoms with E-state index in [0.717, 1.165) is 30.7 Å². The Kier molecular flexibility index (Phi) is 4.24. The maximum atomic E-state index is 5.65.